The first-order valence-corrected chi connectivity index (χ1v) is 10.6. The molecule has 8 nitrogen and oxygen atoms in total. The molecule has 0 saturated carbocycles. The second-order valence-corrected chi connectivity index (χ2v) is 7.86. The number of amides is 1. The maximum absolute atomic E-state index is 12.4. The molecule has 3 rings (SSSR count). The van der Waals surface area contributed by atoms with Crippen LogP contribution in [0.4, 0.5) is 5.69 Å². The number of halogens is 1. The van der Waals surface area contributed by atoms with Crippen molar-refractivity contribution in [2.24, 2.45) is 7.05 Å². The number of anilines is 1. The van der Waals surface area contributed by atoms with Crippen molar-refractivity contribution < 1.29 is 19.1 Å². The molecule has 10 heteroatoms. The van der Waals surface area contributed by atoms with Crippen LogP contribution in [-0.2, 0) is 23.0 Å². The SMILES string of the molecule is COC(=O)c1ccc(Cl)c(NC(=O)CSc2nnc(Cc3ccc(OC)cc3)n2C)c1. The van der Waals surface area contributed by atoms with Gasteiger partial charge in [-0.1, -0.05) is 35.5 Å². The van der Waals surface area contributed by atoms with Gasteiger partial charge >= 0.3 is 5.97 Å². The summed E-state index contributed by atoms with van der Waals surface area (Å²) in [5.74, 6) is 0.884. The van der Waals surface area contributed by atoms with Gasteiger partial charge in [0.2, 0.25) is 5.91 Å². The number of thioether (sulfide) groups is 1. The zero-order valence-corrected chi connectivity index (χ0v) is 18.8. The Morgan fingerprint density at radius 1 is 1.13 bits per heavy atom. The average Bonchev–Trinajstić information content (AvgIpc) is 3.13. The lowest BCUT2D eigenvalue weighted by Gasteiger charge is -2.09. The number of rotatable bonds is 8. The molecule has 0 saturated heterocycles. The van der Waals surface area contributed by atoms with Crippen molar-refractivity contribution in [3.05, 3.63) is 64.4 Å². The van der Waals surface area contributed by atoms with E-state index in [2.05, 4.69) is 20.3 Å². The normalized spacial score (nSPS) is 10.6. The first kappa shape index (κ1) is 22.6. The van der Waals surface area contributed by atoms with Gasteiger partial charge in [0.15, 0.2) is 5.16 Å². The van der Waals surface area contributed by atoms with E-state index in [1.54, 1.807) is 7.11 Å². The van der Waals surface area contributed by atoms with E-state index < -0.39 is 5.97 Å². The van der Waals surface area contributed by atoms with Crippen molar-refractivity contribution in [3.8, 4) is 5.75 Å². The topological polar surface area (TPSA) is 95.3 Å². The molecule has 162 valence electrons. The summed E-state index contributed by atoms with van der Waals surface area (Å²) in [5, 5.41) is 12.1. The Bertz CT molecular complexity index is 1090. The number of methoxy groups -OCH3 is 2. The van der Waals surface area contributed by atoms with E-state index in [0.29, 0.717) is 27.9 Å². The van der Waals surface area contributed by atoms with Crippen molar-refractivity contribution >= 4 is 40.9 Å². The van der Waals surface area contributed by atoms with Crippen LogP contribution in [0.25, 0.3) is 0 Å². The standard InChI is InChI=1S/C21H21ClN4O4S/c1-26-18(10-13-4-7-15(29-2)8-5-13)24-25-21(26)31-12-19(27)23-17-11-14(20(28)30-3)6-9-16(17)22/h4-9,11H,10,12H2,1-3H3,(H,23,27). The van der Waals surface area contributed by atoms with Crippen LogP contribution in [0.5, 0.6) is 5.75 Å². The van der Waals surface area contributed by atoms with E-state index in [9.17, 15) is 9.59 Å². The number of benzene rings is 2. The zero-order chi connectivity index (χ0) is 22.4. The van der Waals surface area contributed by atoms with Crippen molar-refractivity contribution in [2.75, 3.05) is 25.3 Å². The van der Waals surface area contributed by atoms with Crippen LogP contribution in [0.15, 0.2) is 47.6 Å². The second kappa shape index (κ2) is 10.3. The number of hydrogen-bond donors (Lipinski definition) is 1. The van der Waals surface area contributed by atoms with Crippen LogP contribution in [0, 0.1) is 0 Å². The van der Waals surface area contributed by atoms with Crippen LogP contribution in [0.3, 0.4) is 0 Å². The molecule has 0 unspecified atom stereocenters. The molecule has 1 aromatic heterocycles. The lowest BCUT2D eigenvalue weighted by Crippen LogP contribution is -2.15. The van der Waals surface area contributed by atoms with E-state index in [4.69, 9.17) is 16.3 Å². The fourth-order valence-corrected chi connectivity index (χ4v) is 3.63. The van der Waals surface area contributed by atoms with Crippen molar-refractivity contribution in [1.29, 1.82) is 0 Å². The van der Waals surface area contributed by atoms with Gasteiger partial charge in [-0.3, -0.25) is 4.79 Å². The minimum atomic E-state index is -0.509. The summed E-state index contributed by atoms with van der Waals surface area (Å²) >= 11 is 7.38. The number of nitrogens with zero attached hydrogens (tertiary/aromatic N) is 3. The summed E-state index contributed by atoms with van der Waals surface area (Å²) in [5.41, 5.74) is 1.71. The van der Waals surface area contributed by atoms with Crippen LogP contribution in [-0.4, -0.2) is 46.6 Å². The number of nitrogens with one attached hydrogen (secondary N) is 1. The number of aromatic nitrogens is 3. The molecular formula is C21H21ClN4O4S. The lowest BCUT2D eigenvalue weighted by atomic mass is 10.1. The summed E-state index contributed by atoms with van der Waals surface area (Å²) in [4.78, 5) is 24.1. The van der Waals surface area contributed by atoms with Gasteiger partial charge in [-0.05, 0) is 35.9 Å². The number of carbonyl (C=O) groups excluding carboxylic acids is 2. The quantitative estimate of drug-likeness (QED) is 0.405. The average molecular weight is 461 g/mol. The van der Waals surface area contributed by atoms with Gasteiger partial charge in [0.1, 0.15) is 11.6 Å². The van der Waals surface area contributed by atoms with E-state index in [0.717, 1.165) is 17.1 Å². The van der Waals surface area contributed by atoms with E-state index in [-0.39, 0.29) is 11.7 Å². The van der Waals surface area contributed by atoms with Gasteiger partial charge in [0.25, 0.3) is 0 Å². The van der Waals surface area contributed by atoms with Gasteiger partial charge in [-0.15, -0.1) is 10.2 Å². The zero-order valence-electron chi connectivity index (χ0n) is 17.2. The molecule has 0 radical (unpaired) electrons. The fourth-order valence-electron chi connectivity index (χ4n) is 2.73. The van der Waals surface area contributed by atoms with Gasteiger partial charge in [-0.2, -0.15) is 0 Å². The Morgan fingerprint density at radius 2 is 1.87 bits per heavy atom. The predicted molar refractivity (Wildman–Crippen MR) is 119 cm³/mol. The van der Waals surface area contributed by atoms with Gasteiger partial charge in [0, 0.05) is 13.5 Å². The second-order valence-electron chi connectivity index (χ2n) is 6.51. The Kier molecular flexibility index (Phi) is 7.54. The highest BCUT2D eigenvalue weighted by Gasteiger charge is 2.14. The molecule has 1 N–H and O–H groups in total. The fraction of sp³-hybridized carbons (Fsp3) is 0.238. The molecule has 1 heterocycles. The number of carbonyl (C=O) groups is 2. The van der Waals surface area contributed by atoms with Crippen molar-refractivity contribution in [1.82, 2.24) is 14.8 Å². The van der Waals surface area contributed by atoms with Crippen LogP contribution >= 0.6 is 23.4 Å². The molecule has 0 bridgehead atoms. The molecule has 0 spiro atoms. The Morgan fingerprint density at radius 3 is 2.55 bits per heavy atom. The first-order chi connectivity index (χ1) is 14.9. The molecule has 0 aliphatic rings. The van der Waals surface area contributed by atoms with Gasteiger partial charge < -0.3 is 19.4 Å². The van der Waals surface area contributed by atoms with Crippen LogP contribution in [0.2, 0.25) is 5.02 Å². The van der Waals surface area contributed by atoms with E-state index in [1.807, 2.05) is 35.9 Å². The summed E-state index contributed by atoms with van der Waals surface area (Å²) in [7, 11) is 4.77. The molecule has 31 heavy (non-hydrogen) atoms. The minimum absolute atomic E-state index is 0.104. The summed E-state index contributed by atoms with van der Waals surface area (Å²) < 4.78 is 11.7. The Balaban J connectivity index is 1.60. The molecular weight excluding hydrogens is 440 g/mol. The number of ether oxygens (including phenoxy) is 2. The number of hydrogen-bond acceptors (Lipinski definition) is 7. The molecule has 2 aromatic carbocycles. The molecule has 1 amide bonds. The molecule has 0 atom stereocenters. The van der Waals surface area contributed by atoms with Crippen molar-refractivity contribution in [2.45, 2.75) is 11.6 Å². The largest absolute Gasteiger partial charge is 0.497 e. The number of esters is 1. The third-order valence-corrected chi connectivity index (χ3v) is 5.79. The van der Waals surface area contributed by atoms with Crippen molar-refractivity contribution in [3.63, 3.8) is 0 Å². The van der Waals surface area contributed by atoms with Crippen LogP contribution < -0.4 is 10.1 Å². The summed E-state index contributed by atoms with van der Waals surface area (Å²) in [6.45, 7) is 0. The summed E-state index contributed by atoms with van der Waals surface area (Å²) in [6.07, 6.45) is 0.607. The summed E-state index contributed by atoms with van der Waals surface area (Å²) in [6, 6.07) is 12.3. The smallest absolute Gasteiger partial charge is 0.337 e. The third kappa shape index (κ3) is 5.77. The molecule has 0 fully saturated rings. The van der Waals surface area contributed by atoms with Crippen LogP contribution in [0.1, 0.15) is 21.7 Å². The lowest BCUT2D eigenvalue weighted by molar-refractivity contribution is -0.113. The van der Waals surface area contributed by atoms with E-state index >= 15 is 0 Å². The highest BCUT2D eigenvalue weighted by atomic mass is 35.5. The molecule has 0 aliphatic heterocycles. The highest BCUT2D eigenvalue weighted by Crippen LogP contribution is 2.24. The third-order valence-electron chi connectivity index (χ3n) is 4.44. The van der Waals surface area contributed by atoms with Gasteiger partial charge in [0.05, 0.1) is 36.2 Å². The van der Waals surface area contributed by atoms with E-state index in [1.165, 1.54) is 37.1 Å². The Labute approximate surface area is 188 Å². The Hall–Kier alpha value is -3.04. The highest BCUT2D eigenvalue weighted by molar-refractivity contribution is 7.99. The predicted octanol–water partition coefficient (Wildman–Crippen LogP) is 3.59. The first-order valence-electron chi connectivity index (χ1n) is 9.23. The monoisotopic (exact) mass is 460 g/mol. The maximum atomic E-state index is 12.4. The molecule has 0 aliphatic carbocycles. The molecule has 3 aromatic rings. The minimum Gasteiger partial charge on any atom is -0.497 e. The maximum Gasteiger partial charge on any atom is 0.337 e. The van der Waals surface area contributed by atoms with Gasteiger partial charge in [-0.25, -0.2) is 4.79 Å².